The summed E-state index contributed by atoms with van der Waals surface area (Å²) < 4.78 is 2.28. The number of hydrogen-bond acceptors (Lipinski definition) is 3. The lowest BCUT2D eigenvalue weighted by atomic mass is 10.0. The molecule has 0 aliphatic carbocycles. The molecule has 5 nitrogen and oxygen atoms in total. The van der Waals surface area contributed by atoms with Crippen LogP contribution < -0.4 is 5.32 Å². The lowest BCUT2D eigenvalue weighted by molar-refractivity contribution is 0.244. The van der Waals surface area contributed by atoms with Crippen LogP contribution >= 0.6 is 12.2 Å². The number of benzene rings is 1. The van der Waals surface area contributed by atoms with Crippen LogP contribution in [0.5, 0.6) is 0 Å². The minimum Gasteiger partial charge on any atom is -0.396 e. The lowest BCUT2D eigenvalue weighted by Crippen LogP contribution is -2.32. The van der Waals surface area contributed by atoms with Crippen LogP contribution in [0.1, 0.15) is 35.6 Å². The molecule has 28 heavy (non-hydrogen) atoms. The fourth-order valence-corrected chi connectivity index (χ4v) is 4.26. The molecule has 2 atom stereocenters. The van der Waals surface area contributed by atoms with Crippen molar-refractivity contribution in [3.05, 3.63) is 83.9 Å². The van der Waals surface area contributed by atoms with Gasteiger partial charge in [0, 0.05) is 36.4 Å². The van der Waals surface area contributed by atoms with Gasteiger partial charge in [-0.25, -0.2) is 0 Å². The minimum absolute atomic E-state index is 0.0112. The molecule has 0 saturated carbocycles. The van der Waals surface area contributed by atoms with Crippen LogP contribution in [0.3, 0.4) is 0 Å². The topological polar surface area (TPSA) is 53.3 Å². The van der Waals surface area contributed by atoms with Crippen molar-refractivity contribution in [1.82, 2.24) is 19.8 Å². The fraction of sp³-hybridized carbons (Fsp3) is 0.273. The van der Waals surface area contributed by atoms with Crippen molar-refractivity contribution < 1.29 is 5.11 Å². The molecule has 2 N–H and O–H groups in total. The van der Waals surface area contributed by atoms with Crippen LogP contribution in [0.2, 0.25) is 0 Å². The SMILES string of the molecule is Cc1ccc([C@@H]2[C@@H](c3ccccn3)NC(=S)N2CCCO)n1-c1ccccc1. The van der Waals surface area contributed by atoms with Crippen molar-refractivity contribution in [3.8, 4) is 5.69 Å². The van der Waals surface area contributed by atoms with Crippen LogP contribution in [-0.4, -0.2) is 37.8 Å². The van der Waals surface area contributed by atoms with Gasteiger partial charge in [-0.05, 0) is 62.0 Å². The predicted octanol–water partition coefficient (Wildman–Crippen LogP) is 3.54. The van der Waals surface area contributed by atoms with E-state index in [9.17, 15) is 5.11 Å². The maximum Gasteiger partial charge on any atom is 0.170 e. The molecule has 0 radical (unpaired) electrons. The Labute approximate surface area is 170 Å². The van der Waals surface area contributed by atoms with Crippen LogP contribution in [0.4, 0.5) is 0 Å². The number of pyridine rings is 1. The van der Waals surface area contributed by atoms with Crippen LogP contribution in [0, 0.1) is 6.92 Å². The maximum atomic E-state index is 9.38. The van der Waals surface area contributed by atoms with E-state index in [-0.39, 0.29) is 18.7 Å². The zero-order valence-corrected chi connectivity index (χ0v) is 16.6. The smallest absolute Gasteiger partial charge is 0.170 e. The van der Waals surface area contributed by atoms with Gasteiger partial charge in [0.1, 0.15) is 0 Å². The average Bonchev–Trinajstić information content (AvgIpc) is 3.27. The molecule has 2 aromatic heterocycles. The summed E-state index contributed by atoms with van der Waals surface area (Å²) >= 11 is 5.67. The Balaban J connectivity index is 1.82. The van der Waals surface area contributed by atoms with Gasteiger partial charge in [0.2, 0.25) is 0 Å². The number of aromatic nitrogens is 2. The summed E-state index contributed by atoms with van der Waals surface area (Å²) in [5.74, 6) is 0. The summed E-state index contributed by atoms with van der Waals surface area (Å²) in [4.78, 5) is 6.77. The molecule has 1 fully saturated rings. The third-order valence-electron chi connectivity index (χ3n) is 5.18. The molecule has 3 aromatic rings. The molecular weight excluding hydrogens is 368 g/mol. The lowest BCUT2D eigenvalue weighted by Gasteiger charge is -2.29. The number of hydrogen-bond donors (Lipinski definition) is 2. The van der Waals surface area contributed by atoms with E-state index in [1.165, 1.54) is 5.69 Å². The molecule has 0 bridgehead atoms. The number of aliphatic hydroxyl groups is 1. The standard InChI is InChI=1S/C22H24N4OS/c1-16-11-12-19(26(16)17-8-3-2-4-9-17)21-20(18-10-5-6-13-23-18)24-22(28)25(21)14-7-15-27/h2-6,8-13,20-21,27H,7,14-15H2,1H3,(H,24,28)/t20-,21-/m1/s1. The molecule has 0 amide bonds. The number of rotatable bonds is 6. The molecule has 0 unspecified atom stereocenters. The molecule has 1 saturated heterocycles. The minimum atomic E-state index is -0.0517. The van der Waals surface area contributed by atoms with Crippen molar-refractivity contribution in [2.75, 3.05) is 13.2 Å². The Morgan fingerprint density at radius 1 is 1.07 bits per heavy atom. The molecular formula is C22H24N4OS. The molecule has 4 rings (SSSR count). The summed E-state index contributed by atoms with van der Waals surface area (Å²) in [6, 6.07) is 20.6. The number of nitrogens with one attached hydrogen (secondary N) is 1. The van der Waals surface area contributed by atoms with Gasteiger partial charge >= 0.3 is 0 Å². The molecule has 1 aromatic carbocycles. The van der Waals surface area contributed by atoms with Gasteiger partial charge in [-0.3, -0.25) is 4.98 Å². The highest BCUT2D eigenvalue weighted by molar-refractivity contribution is 7.80. The summed E-state index contributed by atoms with van der Waals surface area (Å²) in [5, 5.41) is 13.5. The molecule has 1 aliphatic heterocycles. The third kappa shape index (κ3) is 3.41. The fourth-order valence-electron chi connectivity index (χ4n) is 3.93. The number of aryl methyl sites for hydroxylation is 1. The summed E-state index contributed by atoms with van der Waals surface area (Å²) in [6.45, 7) is 2.94. The Morgan fingerprint density at radius 2 is 1.86 bits per heavy atom. The van der Waals surface area contributed by atoms with E-state index in [1.807, 2.05) is 30.5 Å². The van der Waals surface area contributed by atoms with Gasteiger partial charge in [-0.15, -0.1) is 0 Å². The first-order valence-corrected chi connectivity index (χ1v) is 9.94. The average molecular weight is 393 g/mol. The van der Waals surface area contributed by atoms with E-state index in [1.54, 1.807) is 0 Å². The largest absolute Gasteiger partial charge is 0.396 e. The Morgan fingerprint density at radius 3 is 2.57 bits per heavy atom. The van der Waals surface area contributed by atoms with Gasteiger partial charge in [-0.2, -0.15) is 0 Å². The Bertz CT molecular complexity index is 942. The second-order valence-corrected chi connectivity index (χ2v) is 7.35. The van der Waals surface area contributed by atoms with E-state index in [2.05, 4.69) is 63.1 Å². The summed E-state index contributed by atoms with van der Waals surface area (Å²) in [6.07, 6.45) is 2.48. The van der Waals surface area contributed by atoms with Gasteiger partial charge < -0.3 is 19.9 Å². The first-order valence-electron chi connectivity index (χ1n) is 9.53. The molecule has 1 aliphatic rings. The number of para-hydroxylation sites is 1. The second kappa shape index (κ2) is 8.12. The quantitative estimate of drug-likeness (QED) is 0.629. The highest BCUT2D eigenvalue weighted by atomic mass is 32.1. The van der Waals surface area contributed by atoms with Crippen LogP contribution in [-0.2, 0) is 0 Å². The van der Waals surface area contributed by atoms with Crippen LogP contribution in [0.15, 0.2) is 66.9 Å². The van der Waals surface area contributed by atoms with E-state index >= 15 is 0 Å². The normalized spacial score (nSPS) is 19.1. The van der Waals surface area contributed by atoms with Gasteiger partial charge in [0.05, 0.1) is 17.8 Å². The third-order valence-corrected chi connectivity index (χ3v) is 5.53. The Kier molecular flexibility index (Phi) is 5.41. The van der Waals surface area contributed by atoms with E-state index in [0.717, 1.165) is 17.1 Å². The molecule has 6 heteroatoms. The first kappa shape index (κ1) is 18.7. The van der Waals surface area contributed by atoms with E-state index < -0.39 is 0 Å². The zero-order chi connectivity index (χ0) is 19.5. The van der Waals surface area contributed by atoms with E-state index in [4.69, 9.17) is 12.2 Å². The highest BCUT2D eigenvalue weighted by Crippen LogP contribution is 2.40. The predicted molar refractivity (Wildman–Crippen MR) is 114 cm³/mol. The monoisotopic (exact) mass is 392 g/mol. The van der Waals surface area contributed by atoms with Crippen molar-refractivity contribution in [3.63, 3.8) is 0 Å². The van der Waals surface area contributed by atoms with Crippen molar-refractivity contribution in [1.29, 1.82) is 0 Å². The summed E-state index contributed by atoms with van der Waals surface area (Å²) in [5.41, 5.74) is 4.41. The van der Waals surface area contributed by atoms with Crippen molar-refractivity contribution >= 4 is 17.3 Å². The number of thiocarbonyl (C=S) groups is 1. The molecule has 144 valence electrons. The van der Waals surface area contributed by atoms with Gasteiger partial charge in [0.25, 0.3) is 0 Å². The zero-order valence-electron chi connectivity index (χ0n) is 15.8. The van der Waals surface area contributed by atoms with Crippen molar-refractivity contribution in [2.45, 2.75) is 25.4 Å². The van der Waals surface area contributed by atoms with Crippen molar-refractivity contribution in [2.24, 2.45) is 0 Å². The number of nitrogens with zero attached hydrogens (tertiary/aromatic N) is 3. The summed E-state index contributed by atoms with van der Waals surface area (Å²) in [7, 11) is 0. The first-order chi connectivity index (χ1) is 13.7. The van der Waals surface area contributed by atoms with E-state index in [0.29, 0.717) is 18.1 Å². The second-order valence-electron chi connectivity index (χ2n) is 6.97. The van der Waals surface area contributed by atoms with Gasteiger partial charge in [-0.1, -0.05) is 24.3 Å². The number of aliphatic hydroxyl groups excluding tert-OH is 1. The maximum absolute atomic E-state index is 9.38. The van der Waals surface area contributed by atoms with Gasteiger partial charge in [0.15, 0.2) is 5.11 Å². The Hall–Kier alpha value is -2.70. The molecule has 3 heterocycles. The van der Waals surface area contributed by atoms with Crippen LogP contribution in [0.25, 0.3) is 5.69 Å². The molecule has 0 spiro atoms. The highest BCUT2D eigenvalue weighted by Gasteiger charge is 2.41.